The van der Waals surface area contributed by atoms with Gasteiger partial charge in [0.05, 0.1) is 37.6 Å². The fourth-order valence-electron chi connectivity index (χ4n) is 7.39. The average molecular weight is 671 g/mol. The maximum Gasteiger partial charge on any atom is 0.334 e. The van der Waals surface area contributed by atoms with Gasteiger partial charge in [0.2, 0.25) is 0 Å². The molecule has 262 valence electrons. The zero-order valence-electron chi connectivity index (χ0n) is 27.8. The third-order valence-corrected chi connectivity index (χ3v) is 10.5. The number of ether oxygens (including phenoxy) is 8. The van der Waals surface area contributed by atoms with Crippen LogP contribution in [0.3, 0.4) is 0 Å². The molecule has 48 heavy (non-hydrogen) atoms. The van der Waals surface area contributed by atoms with Crippen LogP contribution >= 0.6 is 0 Å². The molecule has 0 unspecified atom stereocenters. The highest BCUT2D eigenvalue weighted by Gasteiger charge is 2.62. The first-order valence-corrected chi connectivity index (χ1v) is 17.0. The third kappa shape index (κ3) is 7.46. The van der Waals surface area contributed by atoms with Gasteiger partial charge < -0.3 is 37.9 Å². The lowest BCUT2D eigenvalue weighted by molar-refractivity contribution is -0.142. The summed E-state index contributed by atoms with van der Waals surface area (Å²) in [6.07, 6.45) is 7.59. The lowest BCUT2D eigenvalue weighted by Gasteiger charge is -2.19. The number of hydrogen-bond acceptors (Lipinski definition) is 12. The molecule has 12 heteroatoms. The minimum Gasteiger partial charge on any atom is -0.460 e. The minimum absolute atomic E-state index is 0.0906. The number of fused-ring (bicyclic) bond motifs is 6. The first kappa shape index (κ1) is 34.5. The van der Waals surface area contributed by atoms with Crippen LogP contribution in [0.4, 0.5) is 0 Å². The second-order valence-electron chi connectivity index (χ2n) is 13.8. The number of carbonyl (C=O) groups excluding carboxylic acids is 4. The van der Waals surface area contributed by atoms with E-state index in [1.807, 2.05) is 26.0 Å². The van der Waals surface area contributed by atoms with Gasteiger partial charge in [-0.05, 0) is 65.2 Å². The molecule has 4 heterocycles. The zero-order chi connectivity index (χ0) is 34.1. The Labute approximate surface area is 280 Å². The molecule has 0 N–H and O–H groups in total. The standard InChI is InChI=1S/C36H46O12/c1-21-25-11-9-23(7-5-13-35(3)29(47-35)27(25)45-31(21)37)33(39)43-19-17-41-15-16-42-18-20-44-34(40)24-8-6-14-36(4)30(48-36)28-26(12-10-24)22(2)32(38)46-28/h7-8,25-30H,1-2,5-6,9-20H2,3-4H3/b23-7+,24-8+/t25-,26-,27-,28-,29-,30-,35+,36+/m0/s1. The molecular weight excluding hydrogens is 624 g/mol. The van der Waals surface area contributed by atoms with E-state index in [1.54, 1.807) is 0 Å². The highest BCUT2D eigenvalue weighted by molar-refractivity contribution is 5.92. The maximum absolute atomic E-state index is 12.8. The van der Waals surface area contributed by atoms with Crippen LogP contribution in [0, 0.1) is 11.8 Å². The third-order valence-electron chi connectivity index (χ3n) is 10.5. The van der Waals surface area contributed by atoms with Gasteiger partial charge in [-0.2, -0.15) is 0 Å². The Kier molecular flexibility index (Phi) is 10.3. The van der Waals surface area contributed by atoms with Gasteiger partial charge in [-0.3, -0.25) is 0 Å². The zero-order valence-corrected chi connectivity index (χ0v) is 27.8. The summed E-state index contributed by atoms with van der Waals surface area (Å²) in [5.41, 5.74) is 1.26. The van der Waals surface area contributed by atoms with Crippen molar-refractivity contribution < 1.29 is 57.1 Å². The van der Waals surface area contributed by atoms with Crippen LogP contribution < -0.4 is 0 Å². The van der Waals surface area contributed by atoms with E-state index in [1.165, 1.54) is 0 Å². The maximum atomic E-state index is 12.8. The number of carbonyl (C=O) groups is 4. The SMILES string of the molecule is C=C1C(=O)O[C@H]2[C@H]1CC/C(C(=O)OCCOCCOCCOC(=O)/C1=C/CC[C@@]3(C)O[C@H]3[C@H]3OC(=O)C(=C)[C@@H]3CC1)=C\CC[C@@]1(C)O[C@@H]21. The lowest BCUT2D eigenvalue weighted by Crippen LogP contribution is -2.29. The molecule has 0 aromatic carbocycles. The minimum atomic E-state index is -0.400. The molecule has 4 aliphatic heterocycles. The Bertz CT molecular complexity index is 1290. The second-order valence-corrected chi connectivity index (χ2v) is 13.8. The van der Waals surface area contributed by atoms with Crippen molar-refractivity contribution in [2.24, 2.45) is 11.8 Å². The molecular formula is C36H46O12. The normalized spacial score (nSPS) is 38.0. The van der Waals surface area contributed by atoms with Crippen LogP contribution in [0.2, 0.25) is 0 Å². The van der Waals surface area contributed by atoms with Crippen LogP contribution in [0.5, 0.6) is 0 Å². The first-order valence-electron chi connectivity index (χ1n) is 17.0. The molecule has 0 aromatic rings. The van der Waals surface area contributed by atoms with Crippen LogP contribution in [-0.4, -0.2) is 99.1 Å². The smallest absolute Gasteiger partial charge is 0.334 e. The molecule has 0 bridgehead atoms. The van der Waals surface area contributed by atoms with Gasteiger partial charge in [-0.25, -0.2) is 19.2 Å². The predicted octanol–water partition coefficient (Wildman–Crippen LogP) is 3.62. The summed E-state index contributed by atoms with van der Waals surface area (Å²) in [7, 11) is 0. The van der Waals surface area contributed by atoms with Gasteiger partial charge in [0, 0.05) is 34.1 Å². The number of epoxide rings is 2. The van der Waals surface area contributed by atoms with Crippen molar-refractivity contribution in [2.75, 3.05) is 39.6 Å². The summed E-state index contributed by atoms with van der Waals surface area (Å²) >= 11 is 0. The van der Waals surface area contributed by atoms with Crippen molar-refractivity contribution in [2.45, 2.75) is 101 Å². The molecule has 6 aliphatic rings. The molecule has 0 saturated carbocycles. The monoisotopic (exact) mass is 670 g/mol. The fourth-order valence-corrected chi connectivity index (χ4v) is 7.39. The molecule has 0 amide bonds. The van der Waals surface area contributed by atoms with Gasteiger partial charge >= 0.3 is 23.9 Å². The Morgan fingerprint density at radius 3 is 1.52 bits per heavy atom. The molecule has 2 aliphatic carbocycles. The lowest BCUT2D eigenvalue weighted by atomic mass is 9.84. The second kappa shape index (κ2) is 14.3. The van der Waals surface area contributed by atoms with Gasteiger partial charge in [0.15, 0.2) is 0 Å². The number of allylic oxidation sites excluding steroid dienone is 2. The van der Waals surface area contributed by atoms with E-state index >= 15 is 0 Å². The summed E-state index contributed by atoms with van der Waals surface area (Å²) in [6, 6.07) is 0. The van der Waals surface area contributed by atoms with Gasteiger partial charge in [0.1, 0.15) is 37.6 Å². The highest BCUT2D eigenvalue weighted by Crippen LogP contribution is 2.51. The summed E-state index contributed by atoms with van der Waals surface area (Å²) in [6.45, 7) is 13.0. The van der Waals surface area contributed by atoms with Crippen LogP contribution in [0.25, 0.3) is 0 Å². The quantitative estimate of drug-likeness (QED) is 0.104. The molecule has 4 fully saturated rings. The van der Waals surface area contributed by atoms with E-state index in [4.69, 9.17) is 37.9 Å². The number of hydrogen-bond donors (Lipinski definition) is 0. The van der Waals surface area contributed by atoms with Gasteiger partial charge in [-0.15, -0.1) is 0 Å². The molecule has 12 nitrogen and oxygen atoms in total. The van der Waals surface area contributed by atoms with Crippen molar-refractivity contribution in [3.05, 3.63) is 47.6 Å². The Hall–Kier alpha value is -3.32. The summed E-state index contributed by atoms with van der Waals surface area (Å²) < 4.78 is 45.0. The Morgan fingerprint density at radius 2 is 1.10 bits per heavy atom. The summed E-state index contributed by atoms with van der Waals surface area (Å²) in [5.74, 6) is -1.96. The average Bonchev–Trinajstić information content (AvgIpc) is 3.87. The van der Waals surface area contributed by atoms with Crippen molar-refractivity contribution in [3.63, 3.8) is 0 Å². The fraction of sp³-hybridized carbons (Fsp3) is 0.667. The topological polar surface area (TPSA) is 149 Å². The molecule has 0 aromatic heterocycles. The van der Waals surface area contributed by atoms with E-state index in [0.29, 0.717) is 73.7 Å². The summed E-state index contributed by atoms with van der Waals surface area (Å²) in [4.78, 5) is 50.0. The van der Waals surface area contributed by atoms with E-state index in [-0.39, 0.29) is 87.1 Å². The Balaban J connectivity index is 0.845. The van der Waals surface area contributed by atoms with Crippen LogP contribution in [-0.2, 0) is 57.1 Å². The van der Waals surface area contributed by atoms with Crippen LogP contribution in [0.1, 0.15) is 65.2 Å². The van der Waals surface area contributed by atoms with E-state index in [0.717, 1.165) is 0 Å². The largest absolute Gasteiger partial charge is 0.460 e. The van der Waals surface area contributed by atoms with Gasteiger partial charge in [-0.1, -0.05) is 25.3 Å². The van der Waals surface area contributed by atoms with E-state index < -0.39 is 23.9 Å². The Morgan fingerprint density at radius 1 is 0.708 bits per heavy atom. The summed E-state index contributed by atoms with van der Waals surface area (Å²) in [5, 5.41) is 0. The predicted molar refractivity (Wildman–Crippen MR) is 168 cm³/mol. The van der Waals surface area contributed by atoms with Crippen molar-refractivity contribution in [3.8, 4) is 0 Å². The van der Waals surface area contributed by atoms with Crippen molar-refractivity contribution >= 4 is 23.9 Å². The highest BCUT2D eigenvalue weighted by atomic mass is 16.7. The van der Waals surface area contributed by atoms with E-state index in [9.17, 15) is 19.2 Å². The molecule has 6 rings (SSSR count). The molecule has 4 saturated heterocycles. The van der Waals surface area contributed by atoms with Gasteiger partial charge in [0.25, 0.3) is 0 Å². The van der Waals surface area contributed by atoms with Crippen molar-refractivity contribution in [1.82, 2.24) is 0 Å². The first-order chi connectivity index (χ1) is 23.0. The number of rotatable bonds is 11. The molecule has 0 spiro atoms. The molecule has 8 atom stereocenters. The van der Waals surface area contributed by atoms with Crippen LogP contribution in [0.15, 0.2) is 47.6 Å². The molecule has 0 radical (unpaired) electrons. The van der Waals surface area contributed by atoms with Crippen molar-refractivity contribution in [1.29, 1.82) is 0 Å². The van der Waals surface area contributed by atoms with E-state index in [2.05, 4.69) is 13.2 Å². The number of esters is 4.